The summed E-state index contributed by atoms with van der Waals surface area (Å²) < 4.78 is 134. The zero-order valence-corrected chi connectivity index (χ0v) is 36.8. The second-order valence-electron chi connectivity index (χ2n) is 11.3. The second kappa shape index (κ2) is 20.1. The van der Waals surface area contributed by atoms with Crippen molar-refractivity contribution in [3.05, 3.63) is 155 Å². The fourth-order valence-corrected chi connectivity index (χ4v) is 7.92. The van der Waals surface area contributed by atoms with Crippen molar-refractivity contribution in [1.82, 2.24) is 29.4 Å². The normalized spacial score (nSPS) is 11.3. The number of nitrogens with one attached hydrogen (secondary N) is 4. The quantitative estimate of drug-likeness (QED) is 0.117. The van der Waals surface area contributed by atoms with E-state index in [1.54, 1.807) is 9.44 Å². The minimum Gasteiger partial charge on any atom is -0.366 e. The van der Waals surface area contributed by atoms with Crippen LogP contribution in [-0.4, -0.2) is 65.7 Å². The Labute approximate surface area is 359 Å². The van der Waals surface area contributed by atoms with Crippen LogP contribution in [0.1, 0.15) is 0 Å². The molecule has 0 aliphatic carbocycles. The molecule has 2 heterocycles. The minimum absolute atomic E-state index is 0. The third-order valence-electron chi connectivity index (χ3n) is 7.03. The van der Waals surface area contributed by atoms with Gasteiger partial charge in [-0.15, -0.1) is 0 Å². The minimum atomic E-state index is -4.22. The molecule has 0 aliphatic heterocycles. The van der Waals surface area contributed by atoms with Crippen molar-refractivity contribution in [2.45, 2.75) is 19.6 Å². The van der Waals surface area contributed by atoms with Gasteiger partial charge in [-0.25, -0.2) is 61.5 Å². The van der Waals surface area contributed by atoms with Gasteiger partial charge in [-0.1, -0.05) is 12.1 Å². The molecule has 0 fully saturated rings. The molecule has 4 amide bonds. The average Bonchev–Trinajstić information content (AvgIpc) is 3.19. The van der Waals surface area contributed by atoms with Crippen LogP contribution >= 0.6 is 0 Å². The van der Waals surface area contributed by atoms with Crippen molar-refractivity contribution < 1.29 is 71.5 Å². The summed E-state index contributed by atoms with van der Waals surface area (Å²) in [5.74, 6) is -1.71. The van der Waals surface area contributed by atoms with Crippen molar-refractivity contribution in [3.63, 3.8) is 0 Å². The first-order chi connectivity index (χ1) is 28.3. The van der Waals surface area contributed by atoms with Crippen LogP contribution in [0.3, 0.4) is 0 Å². The summed E-state index contributed by atoms with van der Waals surface area (Å²) in [7, 11) is -16.6. The molecule has 0 atom stereocenters. The van der Waals surface area contributed by atoms with E-state index in [2.05, 4.69) is 40.0 Å². The monoisotopic (exact) mass is 964 g/mol. The van der Waals surface area contributed by atoms with Gasteiger partial charge in [0.1, 0.15) is 11.6 Å². The summed E-state index contributed by atoms with van der Waals surface area (Å²) in [5, 5.41) is 4.51. The van der Waals surface area contributed by atoms with E-state index in [1.165, 1.54) is 85.5 Å². The third-order valence-corrected chi connectivity index (χ3v) is 12.3. The number of sulfonamides is 4. The van der Waals surface area contributed by atoms with Crippen LogP contribution in [0.5, 0.6) is 0 Å². The van der Waals surface area contributed by atoms with Crippen LogP contribution in [0.25, 0.3) is 9.44 Å². The Morgan fingerprint density at radius 2 is 0.721 bits per heavy atom. The number of halogens is 2. The van der Waals surface area contributed by atoms with Gasteiger partial charge in [-0.2, -0.15) is 0 Å². The Morgan fingerprint density at radius 1 is 0.443 bits per heavy atom. The third kappa shape index (κ3) is 13.8. The topological polar surface area (TPSA) is 299 Å². The first kappa shape index (κ1) is 47.1. The summed E-state index contributed by atoms with van der Waals surface area (Å²) >= 11 is 0. The molecular formula is C34H26F2N10O10S4Zn. The molecule has 6 aromatic rings. The molecule has 312 valence electrons. The SMILES string of the molecule is O=C(Nc1ccc(S(=O)(=O)[N-]c2ncccn2)cc1)NS(=O)(=O)c1ccc(F)cc1.O=C(Nc1ccc(S(=O)(=O)[N-]c2ncccn2)cc1)NS(=O)(=O)c1ccc(F)cc1.[Zn+2]. The summed E-state index contributed by atoms with van der Waals surface area (Å²) in [6, 6.07) is 18.3. The van der Waals surface area contributed by atoms with Gasteiger partial charge in [0.2, 0.25) is 20.0 Å². The number of anilines is 2. The molecule has 4 aromatic carbocycles. The number of hydrogen-bond acceptors (Lipinski definition) is 14. The van der Waals surface area contributed by atoms with Gasteiger partial charge in [0.05, 0.1) is 19.6 Å². The molecule has 0 bridgehead atoms. The standard InChI is InChI=1S/2C17H14FN5O5S2.Zn/c2*18-12-2-6-14(7-3-12)30(27,28)23-17(24)21-13-4-8-15(9-5-13)29(25,26)22-16-19-10-1-11-20-16;/h2*1-11H,(H3,19,20,21,22,23,24);/q;;+2/p-2. The molecule has 0 unspecified atom stereocenters. The maximum absolute atomic E-state index is 12.9. The Bertz CT molecular complexity index is 2710. The largest absolute Gasteiger partial charge is 2.00 e. The number of amides is 4. The predicted molar refractivity (Wildman–Crippen MR) is 209 cm³/mol. The Morgan fingerprint density at radius 3 is 1.02 bits per heavy atom. The van der Waals surface area contributed by atoms with Gasteiger partial charge in [0.15, 0.2) is 0 Å². The van der Waals surface area contributed by atoms with Crippen LogP contribution in [0.15, 0.2) is 154 Å². The zero-order chi connectivity index (χ0) is 43.6. The molecule has 0 spiro atoms. The van der Waals surface area contributed by atoms with E-state index in [-0.39, 0.29) is 62.3 Å². The molecule has 27 heteroatoms. The van der Waals surface area contributed by atoms with Crippen molar-refractivity contribution in [2.75, 3.05) is 10.6 Å². The van der Waals surface area contributed by atoms with E-state index >= 15 is 0 Å². The Hall–Kier alpha value is -6.54. The van der Waals surface area contributed by atoms with E-state index in [1.807, 2.05) is 0 Å². The van der Waals surface area contributed by atoms with Crippen molar-refractivity contribution in [3.8, 4) is 0 Å². The van der Waals surface area contributed by atoms with Crippen LogP contribution in [0, 0.1) is 11.6 Å². The fourth-order valence-electron chi connectivity index (χ4n) is 4.32. The number of carbonyl (C=O) groups is 2. The van der Waals surface area contributed by atoms with Gasteiger partial charge < -0.3 is 30.6 Å². The first-order valence-corrected chi connectivity index (χ1v) is 22.0. The molecular weight excluding hydrogens is 940 g/mol. The van der Waals surface area contributed by atoms with E-state index in [0.717, 1.165) is 48.5 Å². The molecule has 61 heavy (non-hydrogen) atoms. The van der Waals surface area contributed by atoms with E-state index in [4.69, 9.17) is 0 Å². The number of carbonyl (C=O) groups excluding carboxylic acids is 2. The van der Waals surface area contributed by atoms with Crippen molar-refractivity contribution in [2.24, 2.45) is 0 Å². The smallest absolute Gasteiger partial charge is 0.366 e. The van der Waals surface area contributed by atoms with Gasteiger partial charge >= 0.3 is 31.5 Å². The number of urea groups is 2. The van der Waals surface area contributed by atoms with Crippen LogP contribution in [0.2, 0.25) is 0 Å². The van der Waals surface area contributed by atoms with Gasteiger partial charge in [0.25, 0.3) is 20.0 Å². The molecule has 4 N–H and O–H groups in total. The van der Waals surface area contributed by atoms with Crippen LogP contribution in [0.4, 0.5) is 41.6 Å². The maximum Gasteiger partial charge on any atom is 2.00 e. The van der Waals surface area contributed by atoms with Gasteiger partial charge in [0, 0.05) is 23.3 Å². The Kier molecular flexibility index (Phi) is 15.6. The molecule has 0 saturated carbocycles. The molecule has 0 aliphatic rings. The van der Waals surface area contributed by atoms with Crippen molar-refractivity contribution >= 4 is 75.4 Å². The number of nitrogens with zero attached hydrogens (tertiary/aromatic N) is 6. The average molecular weight is 966 g/mol. The number of rotatable bonds is 12. The second-order valence-corrected chi connectivity index (χ2v) is 17.9. The van der Waals surface area contributed by atoms with E-state index in [9.17, 15) is 52.0 Å². The van der Waals surface area contributed by atoms with Crippen molar-refractivity contribution in [1.29, 1.82) is 0 Å². The zero-order valence-electron chi connectivity index (χ0n) is 30.6. The summed E-state index contributed by atoms with van der Waals surface area (Å²) in [5.41, 5.74) is 0.244. The number of aromatic nitrogens is 4. The molecule has 0 radical (unpaired) electrons. The maximum atomic E-state index is 12.9. The number of hydrogen-bond donors (Lipinski definition) is 4. The first-order valence-electron chi connectivity index (χ1n) is 16.2. The Balaban J connectivity index is 0.000000264. The fraction of sp³-hybridized carbons (Fsp3) is 0. The summed E-state index contributed by atoms with van der Waals surface area (Å²) in [4.78, 5) is 37.8. The number of benzene rings is 4. The van der Waals surface area contributed by atoms with Crippen LogP contribution in [-0.2, 0) is 59.6 Å². The molecule has 20 nitrogen and oxygen atoms in total. The van der Waals surface area contributed by atoms with Crippen LogP contribution < -0.4 is 20.1 Å². The summed E-state index contributed by atoms with van der Waals surface area (Å²) in [6.45, 7) is 0. The van der Waals surface area contributed by atoms with Gasteiger partial charge in [-0.05, 0) is 122 Å². The van der Waals surface area contributed by atoms with Gasteiger partial charge in [-0.3, -0.25) is 9.44 Å². The molecule has 6 rings (SSSR count). The summed E-state index contributed by atoms with van der Waals surface area (Å²) in [6.07, 6.45) is 5.36. The van der Waals surface area contributed by atoms with E-state index < -0.39 is 63.8 Å². The molecule has 2 aromatic heterocycles. The molecule has 0 saturated heterocycles. The predicted octanol–water partition coefficient (Wildman–Crippen LogP) is 5.04. The van der Waals surface area contributed by atoms with E-state index in [0.29, 0.717) is 0 Å².